The first-order valence-electron chi connectivity index (χ1n) is 4.34. The van der Waals surface area contributed by atoms with E-state index in [1.54, 1.807) is 18.8 Å². The number of hydrogen-bond donors (Lipinski definition) is 1. The number of ether oxygens (including phenoxy) is 2. The summed E-state index contributed by atoms with van der Waals surface area (Å²) < 4.78 is 10.5. The Morgan fingerprint density at radius 2 is 2.23 bits per heavy atom. The number of thioether (sulfide) groups is 1. The topological polar surface area (TPSA) is 47.6 Å². The highest BCUT2D eigenvalue weighted by molar-refractivity contribution is 7.99. The van der Waals surface area contributed by atoms with E-state index >= 15 is 0 Å². The maximum Gasteiger partial charge on any atom is 0.229 e. The van der Waals surface area contributed by atoms with Crippen LogP contribution < -0.4 is 5.32 Å². The Morgan fingerprint density at radius 1 is 1.54 bits per heavy atom. The molecule has 0 spiro atoms. The summed E-state index contributed by atoms with van der Waals surface area (Å²) in [6.45, 7) is 1.40. The summed E-state index contributed by atoms with van der Waals surface area (Å²) in [6, 6.07) is 0. The molecule has 0 aromatic carbocycles. The van der Waals surface area contributed by atoms with Gasteiger partial charge in [-0.15, -0.1) is 0 Å². The molecular weight excluding hydrogens is 190 g/mol. The van der Waals surface area contributed by atoms with Crippen LogP contribution in [0.5, 0.6) is 0 Å². The Hall–Kier alpha value is -0.260. The molecular formula is C8H15NO3S. The number of amides is 1. The maximum atomic E-state index is 10.8. The Morgan fingerprint density at radius 3 is 2.85 bits per heavy atom. The van der Waals surface area contributed by atoms with E-state index in [0.717, 1.165) is 12.2 Å². The van der Waals surface area contributed by atoms with Gasteiger partial charge in [0.25, 0.3) is 0 Å². The molecule has 5 heteroatoms. The van der Waals surface area contributed by atoms with Crippen LogP contribution in [0, 0.1) is 0 Å². The molecule has 0 unspecified atom stereocenters. The van der Waals surface area contributed by atoms with Gasteiger partial charge in [0.05, 0.1) is 19.0 Å². The first-order valence-corrected chi connectivity index (χ1v) is 5.50. The number of carbonyl (C=O) groups excluding carboxylic acids is 1. The molecule has 13 heavy (non-hydrogen) atoms. The number of rotatable bonds is 5. The minimum absolute atomic E-state index is 0.0443. The highest BCUT2D eigenvalue weighted by Gasteiger charge is 2.14. The van der Waals surface area contributed by atoms with Crippen molar-refractivity contribution < 1.29 is 14.3 Å². The average molecular weight is 205 g/mol. The van der Waals surface area contributed by atoms with Gasteiger partial charge in [-0.25, -0.2) is 0 Å². The summed E-state index contributed by atoms with van der Waals surface area (Å²) in [6.07, 6.45) is 0.818. The largest absolute Gasteiger partial charge is 0.358 e. The number of hydrogen-bond acceptors (Lipinski definition) is 4. The van der Waals surface area contributed by atoms with E-state index in [2.05, 4.69) is 5.32 Å². The molecule has 76 valence electrons. The van der Waals surface area contributed by atoms with Crippen LogP contribution >= 0.6 is 11.8 Å². The third kappa shape index (κ3) is 4.50. The fourth-order valence-electron chi connectivity index (χ4n) is 0.990. The van der Waals surface area contributed by atoms with E-state index in [1.807, 2.05) is 0 Å². The van der Waals surface area contributed by atoms with Crippen molar-refractivity contribution >= 4 is 17.7 Å². The van der Waals surface area contributed by atoms with Gasteiger partial charge in [0.15, 0.2) is 6.29 Å². The van der Waals surface area contributed by atoms with Crippen molar-refractivity contribution in [2.24, 2.45) is 0 Å². The molecule has 1 N–H and O–H groups in total. The van der Waals surface area contributed by atoms with Gasteiger partial charge in [0.1, 0.15) is 0 Å². The van der Waals surface area contributed by atoms with Crippen molar-refractivity contribution in [2.75, 3.05) is 31.8 Å². The Kier molecular flexibility index (Phi) is 5.19. The van der Waals surface area contributed by atoms with Gasteiger partial charge < -0.3 is 14.8 Å². The lowest BCUT2D eigenvalue weighted by Crippen LogP contribution is -2.20. The zero-order chi connectivity index (χ0) is 9.52. The van der Waals surface area contributed by atoms with E-state index in [-0.39, 0.29) is 12.2 Å². The van der Waals surface area contributed by atoms with E-state index in [9.17, 15) is 4.79 Å². The smallest absolute Gasteiger partial charge is 0.229 e. The van der Waals surface area contributed by atoms with Gasteiger partial charge in [-0.05, 0) is 5.75 Å². The molecule has 0 saturated carbocycles. The van der Waals surface area contributed by atoms with Crippen LogP contribution in [0.15, 0.2) is 0 Å². The summed E-state index contributed by atoms with van der Waals surface area (Å²) >= 11 is 1.60. The summed E-state index contributed by atoms with van der Waals surface area (Å²) in [4.78, 5) is 10.8. The summed E-state index contributed by atoms with van der Waals surface area (Å²) in [7, 11) is 1.64. The van der Waals surface area contributed by atoms with E-state index in [1.165, 1.54) is 0 Å². The lowest BCUT2D eigenvalue weighted by atomic mass is 10.5. The molecule has 1 aliphatic rings. The Labute approximate surface area is 82.3 Å². The number of nitrogens with one attached hydrogen (secondary N) is 1. The fourth-order valence-corrected chi connectivity index (χ4v) is 1.82. The van der Waals surface area contributed by atoms with Crippen LogP contribution in [0.1, 0.15) is 6.42 Å². The van der Waals surface area contributed by atoms with Gasteiger partial charge >= 0.3 is 0 Å². The highest BCUT2D eigenvalue weighted by Crippen LogP contribution is 2.11. The van der Waals surface area contributed by atoms with E-state index < -0.39 is 0 Å². The first-order chi connectivity index (χ1) is 6.33. The predicted octanol–water partition coefficient (Wildman–Crippen LogP) is 0.229. The zero-order valence-corrected chi connectivity index (χ0v) is 8.56. The van der Waals surface area contributed by atoms with E-state index in [0.29, 0.717) is 19.0 Å². The molecule has 0 atom stereocenters. The molecule has 1 aliphatic heterocycles. The molecule has 0 radical (unpaired) electrons. The minimum Gasteiger partial charge on any atom is -0.358 e. The van der Waals surface area contributed by atoms with Gasteiger partial charge in [-0.3, -0.25) is 4.79 Å². The molecule has 0 aromatic rings. The Bertz CT molecular complexity index is 159. The fraction of sp³-hybridized carbons (Fsp3) is 0.875. The molecule has 1 heterocycles. The van der Waals surface area contributed by atoms with Gasteiger partial charge in [0, 0.05) is 13.5 Å². The second-order valence-electron chi connectivity index (χ2n) is 2.69. The zero-order valence-electron chi connectivity index (χ0n) is 7.75. The van der Waals surface area contributed by atoms with Crippen LogP contribution in [0.3, 0.4) is 0 Å². The van der Waals surface area contributed by atoms with Crippen molar-refractivity contribution in [3.8, 4) is 0 Å². The van der Waals surface area contributed by atoms with Gasteiger partial charge in [-0.1, -0.05) is 0 Å². The molecule has 0 aromatic heterocycles. The second-order valence-corrected chi connectivity index (χ2v) is 3.79. The third-order valence-corrected chi connectivity index (χ3v) is 2.69. The monoisotopic (exact) mass is 205 g/mol. The molecule has 0 aliphatic carbocycles. The van der Waals surface area contributed by atoms with Crippen LogP contribution in [0.25, 0.3) is 0 Å². The average Bonchev–Trinajstić information content (AvgIpc) is 2.64. The summed E-state index contributed by atoms with van der Waals surface area (Å²) in [5.74, 6) is 1.49. The lowest BCUT2D eigenvalue weighted by Gasteiger charge is -2.07. The van der Waals surface area contributed by atoms with Crippen molar-refractivity contribution in [1.82, 2.24) is 5.32 Å². The van der Waals surface area contributed by atoms with Crippen LogP contribution in [-0.4, -0.2) is 44.0 Å². The van der Waals surface area contributed by atoms with Gasteiger partial charge in [-0.2, -0.15) is 11.8 Å². The lowest BCUT2D eigenvalue weighted by molar-refractivity contribution is -0.118. The molecule has 0 bridgehead atoms. The highest BCUT2D eigenvalue weighted by atomic mass is 32.2. The molecule has 1 rings (SSSR count). The standard InChI is InChI=1S/C8H15NO3S/c1-9-7(10)6-13-5-2-8-11-3-4-12-8/h8H,2-6H2,1H3,(H,9,10). The van der Waals surface area contributed by atoms with Crippen LogP contribution in [0.4, 0.5) is 0 Å². The van der Waals surface area contributed by atoms with Crippen molar-refractivity contribution in [3.05, 3.63) is 0 Å². The van der Waals surface area contributed by atoms with Gasteiger partial charge in [0.2, 0.25) is 5.91 Å². The first kappa shape index (κ1) is 10.8. The normalized spacial score (nSPS) is 17.6. The number of carbonyl (C=O) groups is 1. The quantitative estimate of drug-likeness (QED) is 0.653. The molecule has 1 saturated heterocycles. The van der Waals surface area contributed by atoms with Crippen molar-refractivity contribution in [3.63, 3.8) is 0 Å². The SMILES string of the molecule is CNC(=O)CSCCC1OCCO1. The predicted molar refractivity (Wildman–Crippen MR) is 51.7 cm³/mol. The molecule has 1 fully saturated rings. The maximum absolute atomic E-state index is 10.8. The molecule has 1 amide bonds. The minimum atomic E-state index is -0.0443. The Balaban J connectivity index is 1.91. The van der Waals surface area contributed by atoms with Crippen molar-refractivity contribution in [2.45, 2.75) is 12.7 Å². The third-order valence-electron chi connectivity index (χ3n) is 1.70. The summed E-state index contributed by atoms with van der Waals surface area (Å²) in [5, 5.41) is 2.57. The second kappa shape index (κ2) is 6.23. The summed E-state index contributed by atoms with van der Waals surface area (Å²) in [5.41, 5.74) is 0. The van der Waals surface area contributed by atoms with Crippen LogP contribution in [-0.2, 0) is 14.3 Å². The molecule has 4 nitrogen and oxygen atoms in total. The van der Waals surface area contributed by atoms with Crippen LogP contribution in [0.2, 0.25) is 0 Å². The van der Waals surface area contributed by atoms with Crippen molar-refractivity contribution in [1.29, 1.82) is 0 Å². The van der Waals surface area contributed by atoms with E-state index in [4.69, 9.17) is 9.47 Å².